The number of carbonyl (C=O) groups excluding carboxylic acids is 1. The van der Waals surface area contributed by atoms with Gasteiger partial charge in [0.15, 0.2) is 0 Å². The zero-order chi connectivity index (χ0) is 8.43. The highest BCUT2D eigenvalue weighted by Gasteiger charge is 2.35. The maximum absolute atomic E-state index is 12.6. The van der Waals surface area contributed by atoms with E-state index < -0.39 is 18.6 Å². The molecule has 2 N–H and O–H groups in total. The van der Waals surface area contributed by atoms with E-state index in [1.165, 1.54) is 0 Å². The minimum absolute atomic E-state index is 0.0237. The van der Waals surface area contributed by atoms with E-state index in [1.54, 1.807) is 0 Å². The standard InChI is InChI=1S/C6H10F2N2O/c7-2-4-1-5(6(9)11)10(8)3-4/h4-5H,1-3H2,(H2,9,11). The summed E-state index contributed by atoms with van der Waals surface area (Å²) in [5.41, 5.74) is 4.86. The van der Waals surface area contributed by atoms with Crippen molar-refractivity contribution in [3.05, 3.63) is 0 Å². The van der Waals surface area contributed by atoms with Gasteiger partial charge in [0.25, 0.3) is 0 Å². The van der Waals surface area contributed by atoms with Crippen LogP contribution < -0.4 is 5.73 Å². The van der Waals surface area contributed by atoms with Gasteiger partial charge in [-0.3, -0.25) is 9.18 Å². The van der Waals surface area contributed by atoms with Crippen molar-refractivity contribution >= 4 is 5.91 Å². The molecule has 0 aromatic heterocycles. The van der Waals surface area contributed by atoms with Crippen LogP contribution in [0.15, 0.2) is 0 Å². The Morgan fingerprint density at radius 1 is 1.73 bits per heavy atom. The van der Waals surface area contributed by atoms with Crippen LogP contribution in [0.2, 0.25) is 0 Å². The Bertz CT molecular complexity index is 165. The van der Waals surface area contributed by atoms with Crippen molar-refractivity contribution in [3.8, 4) is 0 Å². The molecule has 1 amide bonds. The van der Waals surface area contributed by atoms with E-state index in [1.807, 2.05) is 0 Å². The number of carbonyl (C=O) groups is 1. The second kappa shape index (κ2) is 3.13. The molecule has 1 fully saturated rings. The number of halogens is 2. The van der Waals surface area contributed by atoms with Gasteiger partial charge in [-0.05, 0) is 6.42 Å². The first-order valence-corrected chi connectivity index (χ1v) is 3.43. The van der Waals surface area contributed by atoms with Gasteiger partial charge >= 0.3 is 0 Å². The molecule has 2 unspecified atom stereocenters. The van der Waals surface area contributed by atoms with Crippen LogP contribution in [0.25, 0.3) is 0 Å². The quantitative estimate of drug-likeness (QED) is 0.584. The predicted molar refractivity (Wildman–Crippen MR) is 34.9 cm³/mol. The number of nitrogens with zero attached hydrogens (tertiary/aromatic N) is 1. The fraction of sp³-hybridized carbons (Fsp3) is 0.833. The largest absolute Gasteiger partial charge is 0.368 e. The minimum atomic E-state index is -0.921. The third-order valence-corrected chi connectivity index (χ3v) is 1.87. The summed E-state index contributed by atoms with van der Waals surface area (Å²) in [6.45, 7) is -0.617. The lowest BCUT2D eigenvalue weighted by molar-refractivity contribution is -0.127. The molecule has 1 saturated heterocycles. The zero-order valence-electron chi connectivity index (χ0n) is 5.96. The third-order valence-electron chi connectivity index (χ3n) is 1.87. The van der Waals surface area contributed by atoms with Crippen LogP contribution >= 0.6 is 0 Å². The SMILES string of the molecule is NC(=O)C1CC(CF)CN1F. The summed E-state index contributed by atoms with van der Waals surface area (Å²) in [6.07, 6.45) is 0.197. The fourth-order valence-corrected chi connectivity index (χ4v) is 1.24. The van der Waals surface area contributed by atoms with Gasteiger partial charge in [-0.25, -0.2) is 0 Å². The molecule has 0 aliphatic carbocycles. The maximum Gasteiger partial charge on any atom is 0.237 e. The Kier molecular flexibility index (Phi) is 2.38. The summed E-state index contributed by atoms with van der Waals surface area (Å²) >= 11 is 0. The molecule has 0 aromatic rings. The van der Waals surface area contributed by atoms with Crippen molar-refractivity contribution in [2.75, 3.05) is 13.2 Å². The number of hydrogen-bond acceptors (Lipinski definition) is 2. The molecular formula is C6H10F2N2O. The van der Waals surface area contributed by atoms with Crippen molar-refractivity contribution in [1.29, 1.82) is 0 Å². The summed E-state index contributed by atoms with van der Waals surface area (Å²) in [6, 6.07) is -0.921. The van der Waals surface area contributed by atoms with Crippen LogP contribution in [-0.2, 0) is 4.79 Å². The van der Waals surface area contributed by atoms with Crippen LogP contribution in [0.5, 0.6) is 0 Å². The average Bonchev–Trinajstić information content (AvgIpc) is 2.30. The van der Waals surface area contributed by atoms with Crippen LogP contribution in [-0.4, -0.2) is 30.3 Å². The van der Waals surface area contributed by atoms with Gasteiger partial charge in [0.2, 0.25) is 5.91 Å². The monoisotopic (exact) mass is 164 g/mol. The van der Waals surface area contributed by atoms with Crippen molar-refractivity contribution < 1.29 is 13.7 Å². The molecule has 0 aromatic carbocycles. The Morgan fingerprint density at radius 2 is 2.36 bits per heavy atom. The number of amides is 1. The van der Waals surface area contributed by atoms with E-state index >= 15 is 0 Å². The minimum Gasteiger partial charge on any atom is -0.368 e. The smallest absolute Gasteiger partial charge is 0.237 e. The molecule has 0 spiro atoms. The van der Waals surface area contributed by atoms with Crippen LogP contribution in [0.3, 0.4) is 0 Å². The second-order valence-corrected chi connectivity index (χ2v) is 2.76. The van der Waals surface area contributed by atoms with E-state index in [0.717, 1.165) is 0 Å². The lowest BCUT2D eigenvalue weighted by Crippen LogP contribution is -2.35. The summed E-state index contributed by atoms with van der Waals surface area (Å²) in [7, 11) is 0. The molecule has 1 aliphatic rings. The summed E-state index contributed by atoms with van der Waals surface area (Å²) in [5, 5.41) is 0.312. The average molecular weight is 164 g/mol. The van der Waals surface area contributed by atoms with Crippen molar-refractivity contribution in [2.24, 2.45) is 11.7 Å². The van der Waals surface area contributed by atoms with Crippen LogP contribution in [0.1, 0.15) is 6.42 Å². The number of nitrogens with two attached hydrogens (primary N) is 1. The first-order valence-electron chi connectivity index (χ1n) is 3.43. The van der Waals surface area contributed by atoms with Crippen molar-refractivity contribution in [3.63, 3.8) is 0 Å². The van der Waals surface area contributed by atoms with Crippen molar-refractivity contribution in [2.45, 2.75) is 12.5 Å². The Balaban J connectivity index is 2.51. The number of primary amides is 1. The van der Waals surface area contributed by atoms with E-state index in [9.17, 15) is 13.7 Å². The summed E-state index contributed by atoms with van der Waals surface area (Å²) < 4.78 is 24.6. The van der Waals surface area contributed by atoms with Gasteiger partial charge in [0.05, 0.1) is 6.67 Å². The topological polar surface area (TPSA) is 46.3 Å². The maximum atomic E-state index is 12.6. The molecule has 0 saturated carbocycles. The Labute approximate surface area is 63.1 Å². The first-order chi connectivity index (χ1) is 5.15. The lowest BCUT2D eigenvalue weighted by atomic mass is 10.1. The lowest BCUT2D eigenvalue weighted by Gasteiger charge is -2.08. The number of rotatable bonds is 2. The summed E-state index contributed by atoms with van der Waals surface area (Å²) in [4.78, 5) is 10.5. The molecule has 0 bridgehead atoms. The Hall–Kier alpha value is -0.710. The second-order valence-electron chi connectivity index (χ2n) is 2.76. The summed E-state index contributed by atoms with van der Waals surface area (Å²) in [5.74, 6) is -1.10. The molecule has 1 aliphatic heterocycles. The predicted octanol–water partition coefficient (Wildman–Crippen LogP) is 0.0162. The van der Waals surface area contributed by atoms with E-state index in [2.05, 4.69) is 0 Å². The molecule has 1 rings (SSSR count). The normalized spacial score (nSPS) is 32.5. The highest BCUT2D eigenvalue weighted by Crippen LogP contribution is 2.23. The van der Waals surface area contributed by atoms with Gasteiger partial charge < -0.3 is 5.73 Å². The van der Waals surface area contributed by atoms with E-state index in [4.69, 9.17) is 5.73 Å². The van der Waals surface area contributed by atoms with Gasteiger partial charge in [-0.15, -0.1) is 9.60 Å². The Morgan fingerprint density at radius 3 is 2.64 bits per heavy atom. The van der Waals surface area contributed by atoms with Gasteiger partial charge in [0.1, 0.15) is 6.04 Å². The van der Waals surface area contributed by atoms with Gasteiger partial charge in [0, 0.05) is 12.5 Å². The molecule has 0 radical (unpaired) electrons. The van der Waals surface area contributed by atoms with E-state index in [-0.39, 0.29) is 18.9 Å². The van der Waals surface area contributed by atoms with Crippen LogP contribution in [0, 0.1) is 5.92 Å². The fourth-order valence-electron chi connectivity index (χ4n) is 1.24. The number of hydrogen-bond donors (Lipinski definition) is 1. The molecule has 2 atom stereocenters. The van der Waals surface area contributed by atoms with Gasteiger partial charge in [-0.2, -0.15) is 0 Å². The molecule has 1 heterocycles. The number of alkyl halides is 1. The molecule has 5 heteroatoms. The zero-order valence-corrected chi connectivity index (χ0v) is 5.96. The highest BCUT2D eigenvalue weighted by atomic mass is 19.2. The first kappa shape index (κ1) is 8.39. The molecular weight excluding hydrogens is 154 g/mol. The van der Waals surface area contributed by atoms with Crippen molar-refractivity contribution in [1.82, 2.24) is 5.12 Å². The molecule has 3 nitrogen and oxygen atoms in total. The molecule has 11 heavy (non-hydrogen) atoms. The third kappa shape index (κ3) is 1.65. The van der Waals surface area contributed by atoms with E-state index in [0.29, 0.717) is 5.12 Å². The molecule has 64 valence electrons. The highest BCUT2D eigenvalue weighted by molar-refractivity contribution is 5.80. The van der Waals surface area contributed by atoms with Crippen LogP contribution in [0.4, 0.5) is 8.87 Å². The van der Waals surface area contributed by atoms with Gasteiger partial charge in [-0.1, -0.05) is 0 Å².